The van der Waals surface area contributed by atoms with Crippen LogP contribution in [0.5, 0.6) is 11.5 Å². The molecule has 0 atom stereocenters. The molecule has 29 heavy (non-hydrogen) atoms. The molecule has 0 N–H and O–H groups in total. The maximum absolute atomic E-state index is 12.6. The Kier molecular flexibility index (Phi) is 8.52. The number of carbonyl (C=O) groups excluding carboxylic acids is 2. The second-order valence-electron chi connectivity index (χ2n) is 6.93. The lowest BCUT2D eigenvalue weighted by Gasteiger charge is -2.24. The minimum Gasteiger partial charge on any atom is -0.493 e. The number of ether oxygens (including phenoxy) is 2. The number of benzene rings is 2. The summed E-state index contributed by atoms with van der Waals surface area (Å²) in [7, 11) is 4.96. The number of methoxy groups -OCH3 is 2. The van der Waals surface area contributed by atoms with E-state index in [2.05, 4.69) is 0 Å². The molecule has 0 saturated heterocycles. The van der Waals surface area contributed by atoms with Gasteiger partial charge in [-0.05, 0) is 36.1 Å². The quantitative estimate of drug-likeness (QED) is 0.618. The molecule has 0 radical (unpaired) electrons. The van der Waals surface area contributed by atoms with E-state index in [1.165, 1.54) is 6.92 Å². The van der Waals surface area contributed by atoms with Crippen LogP contribution < -0.4 is 9.47 Å². The van der Waals surface area contributed by atoms with Crippen LogP contribution >= 0.6 is 0 Å². The number of rotatable bonds is 10. The predicted octanol–water partition coefficient (Wildman–Crippen LogP) is 2.80. The van der Waals surface area contributed by atoms with Gasteiger partial charge in [-0.1, -0.05) is 36.4 Å². The highest BCUT2D eigenvalue weighted by Crippen LogP contribution is 2.27. The van der Waals surface area contributed by atoms with Crippen molar-refractivity contribution < 1.29 is 19.1 Å². The third-order valence-electron chi connectivity index (χ3n) is 4.89. The number of hydrogen-bond donors (Lipinski definition) is 0. The summed E-state index contributed by atoms with van der Waals surface area (Å²) >= 11 is 0. The Morgan fingerprint density at radius 1 is 0.862 bits per heavy atom. The van der Waals surface area contributed by atoms with Gasteiger partial charge < -0.3 is 19.3 Å². The van der Waals surface area contributed by atoms with Crippen molar-refractivity contribution in [2.24, 2.45) is 0 Å². The maximum Gasteiger partial charge on any atom is 0.241 e. The average molecular weight is 399 g/mol. The van der Waals surface area contributed by atoms with E-state index < -0.39 is 0 Å². The molecule has 0 spiro atoms. The number of carbonyl (C=O) groups is 2. The van der Waals surface area contributed by atoms with Crippen molar-refractivity contribution >= 4 is 11.8 Å². The Bertz CT molecular complexity index is 808. The first-order valence-corrected chi connectivity index (χ1v) is 9.69. The summed E-state index contributed by atoms with van der Waals surface area (Å²) in [6, 6.07) is 15.7. The van der Waals surface area contributed by atoms with Gasteiger partial charge in [-0.3, -0.25) is 9.59 Å². The van der Waals surface area contributed by atoms with Crippen LogP contribution in [0.4, 0.5) is 0 Å². The standard InChI is InChI=1S/C23H30N2O4/c1-18(26)25(15-13-19-8-6-5-7-9-19)17-23(27)24(2)14-12-20-10-11-21(28-3)22(16-20)29-4/h5-11,16H,12-15,17H2,1-4H3. The zero-order chi connectivity index (χ0) is 21.2. The van der Waals surface area contributed by atoms with Crippen LogP contribution in [0, 0.1) is 0 Å². The lowest BCUT2D eigenvalue weighted by Crippen LogP contribution is -2.42. The summed E-state index contributed by atoms with van der Waals surface area (Å²) in [5.74, 6) is 1.18. The molecule has 2 aromatic carbocycles. The fraction of sp³-hybridized carbons (Fsp3) is 0.391. The van der Waals surface area contributed by atoms with Crippen LogP contribution in [0.2, 0.25) is 0 Å². The van der Waals surface area contributed by atoms with Gasteiger partial charge in [-0.2, -0.15) is 0 Å². The lowest BCUT2D eigenvalue weighted by atomic mass is 10.1. The number of hydrogen-bond acceptors (Lipinski definition) is 4. The fourth-order valence-electron chi connectivity index (χ4n) is 3.00. The number of amides is 2. The molecule has 0 aromatic heterocycles. The van der Waals surface area contributed by atoms with Gasteiger partial charge in [0.25, 0.3) is 0 Å². The van der Waals surface area contributed by atoms with Gasteiger partial charge in [-0.15, -0.1) is 0 Å². The first-order chi connectivity index (χ1) is 13.9. The van der Waals surface area contributed by atoms with Gasteiger partial charge in [0.1, 0.15) is 0 Å². The van der Waals surface area contributed by atoms with Gasteiger partial charge in [0.2, 0.25) is 11.8 Å². The van der Waals surface area contributed by atoms with E-state index in [-0.39, 0.29) is 18.4 Å². The summed E-state index contributed by atoms with van der Waals surface area (Å²) in [5, 5.41) is 0. The molecule has 0 bridgehead atoms. The van der Waals surface area contributed by atoms with E-state index in [1.54, 1.807) is 31.1 Å². The van der Waals surface area contributed by atoms with Crippen LogP contribution in [-0.4, -0.2) is 62.5 Å². The number of nitrogens with zero attached hydrogens (tertiary/aromatic N) is 2. The van der Waals surface area contributed by atoms with Crippen molar-refractivity contribution in [1.29, 1.82) is 0 Å². The van der Waals surface area contributed by atoms with Gasteiger partial charge in [0, 0.05) is 27.1 Å². The van der Waals surface area contributed by atoms with E-state index >= 15 is 0 Å². The Morgan fingerprint density at radius 2 is 1.52 bits per heavy atom. The third-order valence-corrected chi connectivity index (χ3v) is 4.89. The highest BCUT2D eigenvalue weighted by Gasteiger charge is 2.17. The van der Waals surface area contributed by atoms with Crippen molar-refractivity contribution in [2.75, 3.05) is 40.9 Å². The smallest absolute Gasteiger partial charge is 0.241 e. The van der Waals surface area contributed by atoms with Crippen LogP contribution in [-0.2, 0) is 22.4 Å². The summed E-state index contributed by atoms with van der Waals surface area (Å²) in [6.45, 7) is 2.67. The Balaban J connectivity index is 1.88. The highest BCUT2D eigenvalue weighted by atomic mass is 16.5. The molecule has 0 aliphatic heterocycles. The van der Waals surface area contributed by atoms with E-state index in [1.807, 2.05) is 48.5 Å². The topological polar surface area (TPSA) is 59.1 Å². The first-order valence-electron chi connectivity index (χ1n) is 9.69. The van der Waals surface area contributed by atoms with Crippen molar-refractivity contribution in [3.63, 3.8) is 0 Å². The predicted molar refractivity (Wildman–Crippen MR) is 113 cm³/mol. The summed E-state index contributed by atoms with van der Waals surface area (Å²) < 4.78 is 10.6. The second kappa shape index (κ2) is 11.1. The van der Waals surface area contributed by atoms with Crippen molar-refractivity contribution in [3.8, 4) is 11.5 Å². The van der Waals surface area contributed by atoms with Gasteiger partial charge in [0.15, 0.2) is 11.5 Å². The Morgan fingerprint density at radius 3 is 2.14 bits per heavy atom. The SMILES string of the molecule is COc1ccc(CCN(C)C(=O)CN(CCc2ccccc2)C(C)=O)cc1OC. The largest absolute Gasteiger partial charge is 0.493 e. The lowest BCUT2D eigenvalue weighted by molar-refractivity contribution is -0.138. The number of likely N-dealkylation sites (N-methyl/N-ethyl adjacent to an activating group) is 1. The summed E-state index contributed by atoms with van der Waals surface area (Å²) in [6.07, 6.45) is 1.41. The van der Waals surface area contributed by atoms with E-state index in [0.29, 0.717) is 31.0 Å². The molecular weight excluding hydrogens is 368 g/mol. The minimum absolute atomic E-state index is 0.0752. The molecule has 0 aliphatic carbocycles. The van der Waals surface area contributed by atoms with Gasteiger partial charge in [-0.25, -0.2) is 0 Å². The molecule has 0 saturated carbocycles. The van der Waals surface area contributed by atoms with Gasteiger partial charge in [0.05, 0.1) is 20.8 Å². The molecule has 156 valence electrons. The maximum atomic E-state index is 12.6. The summed E-state index contributed by atoms with van der Waals surface area (Å²) in [5.41, 5.74) is 2.20. The Labute approximate surface area is 173 Å². The molecule has 2 rings (SSSR count). The average Bonchev–Trinajstić information content (AvgIpc) is 2.74. The normalized spacial score (nSPS) is 10.3. The van der Waals surface area contributed by atoms with Crippen LogP contribution in [0.15, 0.2) is 48.5 Å². The second-order valence-corrected chi connectivity index (χ2v) is 6.93. The molecule has 0 heterocycles. The van der Waals surface area contributed by atoms with Crippen LogP contribution in [0.1, 0.15) is 18.1 Å². The van der Waals surface area contributed by atoms with Gasteiger partial charge >= 0.3 is 0 Å². The molecule has 0 unspecified atom stereocenters. The van der Waals surface area contributed by atoms with Crippen molar-refractivity contribution in [3.05, 3.63) is 59.7 Å². The molecule has 0 aliphatic rings. The van der Waals surface area contributed by atoms with E-state index in [9.17, 15) is 9.59 Å². The zero-order valence-electron chi connectivity index (χ0n) is 17.7. The monoisotopic (exact) mass is 398 g/mol. The molecule has 2 aromatic rings. The fourth-order valence-corrected chi connectivity index (χ4v) is 3.00. The van der Waals surface area contributed by atoms with E-state index in [4.69, 9.17) is 9.47 Å². The zero-order valence-corrected chi connectivity index (χ0v) is 17.7. The van der Waals surface area contributed by atoms with Crippen molar-refractivity contribution in [1.82, 2.24) is 9.80 Å². The van der Waals surface area contributed by atoms with Crippen LogP contribution in [0.25, 0.3) is 0 Å². The molecule has 6 heteroatoms. The molecular formula is C23H30N2O4. The summed E-state index contributed by atoms with van der Waals surface area (Å²) in [4.78, 5) is 27.8. The van der Waals surface area contributed by atoms with Crippen LogP contribution in [0.3, 0.4) is 0 Å². The first kappa shape index (κ1) is 22.3. The van der Waals surface area contributed by atoms with Crippen molar-refractivity contribution in [2.45, 2.75) is 19.8 Å². The molecule has 2 amide bonds. The Hall–Kier alpha value is -3.02. The molecule has 6 nitrogen and oxygen atoms in total. The molecule has 0 fully saturated rings. The highest BCUT2D eigenvalue weighted by molar-refractivity contribution is 5.83. The van der Waals surface area contributed by atoms with E-state index in [0.717, 1.165) is 17.5 Å². The third kappa shape index (κ3) is 6.82. The minimum atomic E-state index is -0.0948.